The summed E-state index contributed by atoms with van der Waals surface area (Å²) in [6.45, 7) is 6.10. The van der Waals surface area contributed by atoms with E-state index in [1.54, 1.807) is 13.1 Å². The number of benzene rings is 1. The minimum Gasteiger partial charge on any atom is -0.459 e. The molecule has 0 aliphatic heterocycles. The number of fused-ring (bicyclic) bond motifs is 1. The van der Waals surface area contributed by atoms with E-state index in [1.165, 1.54) is 12.1 Å². The van der Waals surface area contributed by atoms with Gasteiger partial charge in [-0.1, -0.05) is 0 Å². The molecule has 0 unspecified atom stereocenters. The number of aromatic nitrogens is 1. The van der Waals surface area contributed by atoms with Crippen molar-refractivity contribution in [1.82, 2.24) is 15.6 Å². The fourth-order valence-electron chi connectivity index (χ4n) is 2.43. The summed E-state index contributed by atoms with van der Waals surface area (Å²) in [4.78, 5) is 18.9. The number of nitrogens with one attached hydrogen (secondary N) is 3. The second-order valence-electron chi connectivity index (χ2n) is 6.69. The van der Waals surface area contributed by atoms with Gasteiger partial charge in [-0.2, -0.15) is 0 Å². The summed E-state index contributed by atoms with van der Waals surface area (Å²) in [5.74, 6) is -0.0874. The van der Waals surface area contributed by atoms with Crippen LogP contribution in [0.4, 0.5) is 4.39 Å². The maximum atomic E-state index is 13.4. The Morgan fingerprint density at radius 1 is 1.32 bits per heavy atom. The smallest absolute Gasteiger partial charge is 0.325 e. The fraction of sp³-hybridized carbons (Fsp3) is 0.444. The average Bonchev–Trinajstić information content (AvgIpc) is 2.91. The molecule has 2 aromatic rings. The summed E-state index contributed by atoms with van der Waals surface area (Å²) in [5, 5.41) is 6.92. The molecule has 0 aliphatic carbocycles. The highest BCUT2D eigenvalue weighted by molar-refractivity contribution is 5.85. The molecule has 0 aliphatic rings. The van der Waals surface area contributed by atoms with Crippen molar-refractivity contribution in [2.24, 2.45) is 4.99 Å². The normalized spacial score (nSPS) is 12.3. The molecule has 0 saturated heterocycles. The third kappa shape index (κ3) is 5.77. The molecule has 25 heavy (non-hydrogen) atoms. The first-order valence-electron chi connectivity index (χ1n) is 8.20. The van der Waals surface area contributed by atoms with Gasteiger partial charge in [0.15, 0.2) is 5.96 Å². The van der Waals surface area contributed by atoms with E-state index in [4.69, 9.17) is 4.74 Å². The fourth-order valence-corrected chi connectivity index (χ4v) is 2.43. The zero-order valence-corrected chi connectivity index (χ0v) is 15.1. The molecular weight excluding hydrogens is 323 g/mol. The summed E-state index contributed by atoms with van der Waals surface area (Å²) in [7, 11) is 1.63. The van der Waals surface area contributed by atoms with Gasteiger partial charge < -0.3 is 20.4 Å². The lowest BCUT2D eigenvalue weighted by Crippen LogP contribution is -2.42. The number of nitrogens with zero attached hydrogens (tertiary/aromatic N) is 1. The number of hydrogen-bond acceptors (Lipinski definition) is 3. The number of halogens is 1. The number of guanidine groups is 1. The zero-order valence-electron chi connectivity index (χ0n) is 15.1. The molecule has 136 valence electrons. The van der Waals surface area contributed by atoms with Crippen LogP contribution in [0.2, 0.25) is 0 Å². The van der Waals surface area contributed by atoms with Gasteiger partial charge in [-0.15, -0.1) is 0 Å². The standard InChI is InChI=1S/C18H25FN4O2/c1-18(2,3)25-16(24)11-23-17(20-4)21-8-7-12-10-22-15-6-5-13(19)9-14(12)15/h5-6,9-10,22H,7-8,11H2,1-4H3,(H2,20,21,23). The van der Waals surface area contributed by atoms with Gasteiger partial charge in [0, 0.05) is 30.7 Å². The van der Waals surface area contributed by atoms with Crippen molar-refractivity contribution in [3.8, 4) is 0 Å². The van der Waals surface area contributed by atoms with Crippen LogP contribution in [0.1, 0.15) is 26.3 Å². The van der Waals surface area contributed by atoms with Gasteiger partial charge in [-0.25, -0.2) is 4.39 Å². The van der Waals surface area contributed by atoms with Crippen LogP contribution < -0.4 is 10.6 Å². The Morgan fingerprint density at radius 3 is 2.76 bits per heavy atom. The number of esters is 1. The van der Waals surface area contributed by atoms with E-state index in [2.05, 4.69) is 20.6 Å². The Bertz CT molecular complexity index is 762. The third-order valence-corrected chi connectivity index (χ3v) is 3.46. The molecule has 0 radical (unpaired) electrons. The lowest BCUT2D eigenvalue weighted by molar-refractivity contribution is -0.153. The Hall–Kier alpha value is -2.57. The van der Waals surface area contributed by atoms with Crippen LogP contribution in [0.25, 0.3) is 10.9 Å². The number of H-pyrrole nitrogens is 1. The Balaban J connectivity index is 1.83. The monoisotopic (exact) mass is 348 g/mol. The van der Waals surface area contributed by atoms with E-state index in [0.717, 1.165) is 16.5 Å². The van der Waals surface area contributed by atoms with Crippen LogP contribution in [0.15, 0.2) is 29.4 Å². The molecule has 0 spiro atoms. The van der Waals surface area contributed by atoms with Crippen molar-refractivity contribution in [3.63, 3.8) is 0 Å². The number of aromatic amines is 1. The molecule has 1 aromatic carbocycles. The van der Waals surface area contributed by atoms with E-state index in [0.29, 0.717) is 18.9 Å². The van der Waals surface area contributed by atoms with E-state index in [-0.39, 0.29) is 18.3 Å². The number of carbonyl (C=O) groups is 1. The number of ether oxygens (including phenoxy) is 1. The van der Waals surface area contributed by atoms with Crippen molar-refractivity contribution in [3.05, 3.63) is 35.8 Å². The molecule has 0 bridgehead atoms. The molecule has 0 amide bonds. The minimum atomic E-state index is -0.514. The van der Waals surface area contributed by atoms with Crippen molar-refractivity contribution in [2.45, 2.75) is 32.8 Å². The van der Waals surface area contributed by atoms with Crippen LogP contribution in [0, 0.1) is 5.82 Å². The molecule has 0 atom stereocenters. The average molecular weight is 348 g/mol. The van der Waals surface area contributed by atoms with Gasteiger partial charge in [-0.3, -0.25) is 9.79 Å². The Morgan fingerprint density at radius 2 is 2.08 bits per heavy atom. The quantitative estimate of drug-likeness (QED) is 0.440. The van der Waals surface area contributed by atoms with Crippen molar-refractivity contribution in [1.29, 1.82) is 0 Å². The largest absolute Gasteiger partial charge is 0.459 e. The lowest BCUT2D eigenvalue weighted by atomic mass is 10.1. The minimum absolute atomic E-state index is 0.0369. The molecule has 1 aromatic heterocycles. The van der Waals surface area contributed by atoms with Gasteiger partial charge in [0.2, 0.25) is 0 Å². The summed E-state index contributed by atoms with van der Waals surface area (Å²) in [6, 6.07) is 4.68. The van der Waals surface area contributed by atoms with Crippen LogP contribution in [-0.4, -0.2) is 42.7 Å². The van der Waals surface area contributed by atoms with Gasteiger partial charge in [0.1, 0.15) is 18.0 Å². The molecule has 7 heteroatoms. The zero-order chi connectivity index (χ0) is 18.4. The van der Waals surface area contributed by atoms with E-state index in [9.17, 15) is 9.18 Å². The van der Waals surface area contributed by atoms with E-state index in [1.807, 2.05) is 27.0 Å². The predicted octanol–water partition coefficient (Wildman–Crippen LogP) is 2.36. The van der Waals surface area contributed by atoms with Gasteiger partial charge in [0.25, 0.3) is 0 Å². The number of hydrogen-bond donors (Lipinski definition) is 3. The first kappa shape index (κ1) is 18.8. The van der Waals surface area contributed by atoms with Crippen LogP contribution in [-0.2, 0) is 16.0 Å². The van der Waals surface area contributed by atoms with Crippen LogP contribution >= 0.6 is 0 Å². The first-order valence-corrected chi connectivity index (χ1v) is 8.20. The Kier molecular flexibility index (Phi) is 6.01. The summed E-state index contributed by atoms with van der Waals surface area (Å²) >= 11 is 0. The maximum Gasteiger partial charge on any atom is 0.325 e. The summed E-state index contributed by atoms with van der Waals surface area (Å²) in [6.07, 6.45) is 2.57. The highest BCUT2D eigenvalue weighted by Crippen LogP contribution is 2.19. The van der Waals surface area contributed by atoms with Crippen molar-refractivity contribution < 1.29 is 13.9 Å². The predicted molar refractivity (Wildman–Crippen MR) is 97.2 cm³/mol. The van der Waals surface area contributed by atoms with E-state index < -0.39 is 5.60 Å². The number of rotatable bonds is 5. The lowest BCUT2D eigenvalue weighted by Gasteiger charge is -2.20. The van der Waals surface area contributed by atoms with Gasteiger partial charge in [-0.05, 0) is 51.0 Å². The number of carbonyl (C=O) groups excluding carboxylic acids is 1. The third-order valence-electron chi connectivity index (χ3n) is 3.46. The van der Waals surface area contributed by atoms with Crippen molar-refractivity contribution in [2.75, 3.05) is 20.1 Å². The molecule has 0 fully saturated rings. The highest BCUT2D eigenvalue weighted by atomic mass is 19.1. The highest BCUT2D eigenvalue weighted by Gasteiger charge is 2.16. The molecule has 2 rings (SSSR count). The Labute approximate surface area is 146 Å². The molecule has 3 N–H and O–H groups in total. The summed E-state index contributed by atoms with van der Waals surface area (Å²) < 4.78 is 18.6. The molecule has 0 saturated carbocycles. The molecular formula is C18H25FN4O2. The van der Waals surface area contributed by atoms with Crippen molar-refractivity contribution >= 4 is 22.8 Å². The molecule has 1 heterocycles. The summed E-state index contributed by atoms with van der Waals surface area (Å²) in [5.41, 5.74) is 1.41. The van der Waals surface area contributed by atoms with Crippen LogP contribution in [0.3, 0.4) is 0 Å². The second-order valence-corrected chi connectivity index (χ2v) is 6.69. The van der Waals surface area contributed by atoms with Gasteiger partial charge in [0.05, 0.1) is 0 Å². The van der Waals surface area contributed by atoms with Gasteiger partial charge >= 0.3 is 5.97 Å². The number of aliphatic imine (C=N–C) groups is 1. The SMILES string of the molecule is CN=C(NCCc1c[nH]c2ccc(F)cc12)NCC(=O)OC(C)(C)C. The maximum absolute atomic E-state index is 13.4. The van der Waals surface area contributed by atoms with Crippen LogP contribution in [0.5, 0.6) is 0 Å². The van der Waals surface area contributed by atoms with E-state index >= 15 is 0 Å². The first-order chi connectivity index (χ1) is 11.8. The molecule has 6 nitrogen and oxygen atoms in total. The topological polar surface area (TPSA) is 78.5 Å². The second kappa shape index (κ2) is 8.00.